The van der Waals surface area contributed by atoms with Crippen LogP contribution < -0.4 is 4.90 Å². The highest BCUT2D eigenvalue weighted by molar-refractivity contribution is 5.77. The molecule has 2 heterocycles. The van der Waals surface area contributed by atoms with Crippen LogP contribution in [0.4, 0.5) is 19.0 Å². The Morgan fingerprint density at radius 3 is 2.13 bits per heavy atom. The molecule has 1 aromatic heterocycles. The molecule has 0 unspecified atom stereocenters. The average Bonchev–Trinajstić information content (AvgIpc) is 2.66. The lowest BCUT2D eigenvalue weighted by atomic mass is 9.91. The standard InChI is InChI=1S/C22H27F3N4O/c1-15-13-18(28-9-11-29(12-10-28)19(30)14-21(2,3)4)27-20(26-15)16-5-7-17(8-6-16)22(23,24)25/h5-8,13H,9-12,14H2,1-4H3. The van der Waals surface area contributed by atoms with E-state index in [0.29, 0.717) is 44.0 Å². The van der Waals surface area contributed by atoms with Gasteiger partial charge in [0, 0.05) is 49.9 Å². The van der Waals surface area contributed by atoms with E-state index in [0.717, 1.165) is 23.6 Å². The molecule has 0 aliphatic carbocycles. The number of amides is 1. The molecule has 1 fully saturated rings. The highest BCUT2D eigenvalue weighted by atomic mass is 19.4. The fourth-order valence-corrected chi connectivity index (χ4v) is 3.40. The molecular formula is C22H27F3N4O. The molecule has 3 rings (SSSR count). The molecule has 0 atom stereocenters. The van der Waals surface area contributed by atoms with Gasteiger partial charge >= 0.3 is 6.18 Å². The van der Waals surface area contributed by atoms with Gasteiger partial charge in [-0.2, -0.15) is 13.2 Å². The third kappa shape index (κ3) is 5.49. The zero-order chi connectivity index (χ0) is 22.1. The van der Waals surface area contributed by atoms with Gasteiger partial charge in [-0.25, -0.2) is 9.97 Å². The largest absolute Gasteiger partial charge is 0.416 e. The first-order valence-corrected chi connectivity index (χ1v) is 9.98. The Hall–Kier alpha value is -2.64. The average molecular weight is 420 g/mol. The molecular weight excluding hydrogens is 393 g/mol. The van der Waals surface area contributed by atoms with Crippen molar-refractivity contribution in [2.45, 2.75) is 40.3 Å². The van der Waals surface area contributed by atoms with E-state index in [1.165, 1.54) is 12.1 Å². The molecule has 5 nitrogen and oxygen atoms in total. The van der Waals surface area contributed by atoms with Crippen LogP contribution in [0.25, 0.3) is 11.4 Å². The highest BCUT2D eigenvalue weighted by Crippen LogP contribution is 2.31. The fourth-order valence-electron chi connectivity index (χ4n) is 3.40. The van der Waals surface area contributed by atoms with Crippen LogP contribution >= 0.6 is 0 Å². The molecule has 30 heavy (non-hydrogen) atoms. The molecule has 0 N–H and O–H groups in total. The van der Waals surface area contributed by atoms with Gasteiger partial charge in [0.1, 0.15) is 5.82 Å². The van der Waals surface area contributed by atoms with Crippen molar-refractivity contribution >= 4 is 11.7 Å². The minimum absolute atomic E-state index is 0.0471. The first kappa shape index (κ1) is 22.1. The molecule has 1 aliphatic heterocycles. The third-order valence-corrected chi connectivity index (χ3v) is 4.95. The number of carbonyl (C=O) groups is 1. The number of halogens is 3. The number of carbonyl (C=O) groups excluding carboxylic acids is 1. The van der Waals surface area contributed by atoms with Crippen molar-refractivity contribution in [2.24, 2.45) is 5.41 Å². The van der Waals surface area contributed by atoms with E-state index >= 15 is 0 Å². The van der Waals surface area contributed by atoms with Crippen molar-refractivity contribution in [1.82, 2.24) is 14.9 Å². The van der Waals surface area contributed by atoms with Gasteiger partial charge in [0.2, 0.25) is 5.91 Å². The van der Waals surface area contributed by atoms with Crippen LogP contribution in [0.2, 0.25) is 0 Å². The van der Waals surface area contributed by atoms with E-state index in [1.54, 1.807) is 0 Å². The van der Waals surface area contributed by atoms with Crippen LogP contribution in [0.3, 0.4) is 0 Å². The van der Waals surface area contributed by atoms with Crippen LogP contribution in [0.5, 0.6) is 0 Å². The van der Waals surface area contributed by atoms with E-state index < -0.39 is 11.7 Å². The quantitative estimate of drug-likeness (QED) is 0.731. The lowest BCUT2D eigenvalue weighted by molar-refractivity contribution is -0.137. The SMILES string of the molecule is Cc1cc(N2CCN(C(=O)CC(C)(C)C)CC2)nc(-c2ccc(C(F)(F)F)cc2)n1. The number of piperazine rings is 1. The highest BCUT2D eigenvalue weighted by Gasteiger charge is 2.30. The summed E-state index contributed by atoms with van der Waals surface area (Å²) in [6.45, 7) is 10.5. The molecule has 162 valence electrons. The normalized spacial score (nSPS) is 15.4. The topological polar surface area (TPSA) is 49.3 Å². The van der Waals surface area contributed by atoms with Gasteiger partial charge in [-0.1, -0.05) is 32.9 Å². The fraction of sp³-hybridized carbons (Fsp3) is 0.500. The zero-order valence-electron chi connectivity index (χ0n) is 17.8. The maximum Gasteiger partial charge on any atom is 0.416 e. The van der Waals surface area contributed by atoms with Crippen molar-refractivity contribution < 1.29 is 18.0 Å². The van der Waals surface area contributed by atoms with Gasteiger partial charge in [0.05, 0.1) is 5.56 Å². The van der Waals surface area contributed by atoms with Crippen molar-refractivity contribution in [2.75, 3.05) is 31.1 Å². The minimum Gasteiger partial charge on any atom is -0.353 e. The first-order chi connectivity index (χ1) is 13.9. The lowest BCUT2D eigenvalue weighted by Gasteiger charge is -2.36. The third-order valence-electron chi connectivity index (χ3n) is 4.95. The summed E-state index contributed by atoms with van der Waals surface area (Å²) in [5, 5.41) is 0. The Morgan fingerprint density at radius 1 is 1.00 bits per heavy atom. The van der Waals surface area contributed by atoms with Gasteiger partial charge in [-0.3, -0.25) is 4.79 Å². The van der Waals surface area contributed by atoms with Crippen molar-refractivity contribution in [3.63, 3.8) is 0 Å². The number of nitrogens with zero attached hydrogens (tertiary/aromatic N) is 4. The number of rotatable bonds is 3. The summed E-state index contributed by atoms with van der Waals surface area (Å²) in [6, 6.07) is 6.73. The van der Waals surface area contributed by atoms with Gasteiger partial charge < -0.3 is 9.80 Å². The summed E-state index contributed by atoms with van der Waals surface area (Å²) in [5.41, 5.74) is 0.525. The summed E-state index contributed by atoms with van der Waals surface area (Å²) in [6.07, 6.45) is -3.86. The summed E-state index contributed by atoms with van der Waals surface area (Å²) in [7, 11) is 0. The van der Waals surface area contributed by atoms with Crippen molar-refractivity contribution in [1.29, 1.82) is 0 Å². The number of alkyl halides is 3. The number of aryl methyl sites for hydroxylation is 1. The van der Waals surface area contributed by atoms with Crippen molar-refractivity contribution in [3.8, 4) is 11.4 Å². The van der Waals surface area contributed by atoms with Gasteiger partial charge in [-0.15, -0.1) is 0 Å². The summed E-state index contributed by atoms with van der Waals surface area (Å²) in [4.78, 5) is 25.4. The van der Waals surface area contributed by atoms with E-state index in [4.69, 9.17) is 0 Å². The van der Waals surface area contributed by atoms with Gasteiger partial charge in [0.15, 0.2) is 5.82 Å². The number of hydrogen-bond acceptors (Lipinski definition) is 4. The second kappa shape index (κ2) is 8.24. The lowest BCUT2D eigenvalue weighted by Crippen LogP contribution is -2.49. The number of benzene rings is 1. The predicted molar refractivity (Wildman–Crippen MR) is 110 cm³/mol. The minimum atomic E-state index is -4.37. The van der Waals surface area contributed by atoms with Crippen LogP contribution in [0, 0.1) is 12.3 Å². The Kier molecular flexibility index (Phi) is 6.06. The van der Waals surface area contributed by atoms with Crippen LogP contribution in [-0.2, 0) is 11.0 Å². The van der Waals surface area contributed by atoms with Gasteiger partial charge in [-0.05, 0) is 24.5 Å². The monoisotopic (exact) mass is 420 g/mol. The molecule has 1 saturated heterocycles. The van der Waals surface area contributed by atoms with Crippen LogP contribution in [0.1, 0.15) is 38.4 Å². The first-order valence-electron chi connectivity index (χ1n) is 9.98. The molecule has 2 aromatic rings. The Morgan fingerprint density at radius 2 is 1.60 bits per heavy atom. The molecule has 0 spiro atoms. The van der Waals surface area contributed by atoms with E-state index in [9.17, 15) is 18.0 Å². The summed E-state index contributed by atoms with van der Waals surface area (Å²) >= 11 is 0. The summed E-state index contributed by atoms with van der Waals surface area (Å²) < 4.78 is 38.4. The van der Waals surface area contributed by atoms with Crippen molar-refractivity contribution in [3.05, 3.63) is 41.6 Å². The molecule has 1 aliphatic rings. The second-order valence-electron chi connectivity index (χ2n) is 8.87. The van der Waals surface area contributed by atoms with Gasteiger partial charge in [0.25, 0.3) is 0 Å². The van der Waals surface area contributed by atoms with Crippen LogP contribution in [-0.4, -0.2) is 47.0 Å². The zero-order valence-corrected chi connectivity index (χ0v) is 17.8. The number of aromatic nitrogens is 2. The molecule has 1 amide bonds. The second-order valence-corrected chi connectivity index (χ2v) is 8.87. The summed E-state index contributed by atoms with van der Waals surface area (Å²) in [5.74, 6) is 1.27. The van der Waals surface area contributed by atoms with E-state index in [1.807, 2.05) is 38.7 Å². The van der Waals surface area contributed by atoms with E-state index in [-0.39, 0.29) is 11.3 Å². The number of anilines is 1. The molecule has 0 radical (unpaired) electrons. The molecule has 0 saturated carbocycles. The predicted octanol–water partition coefficient (Wildman–Crippen LogP) is 4.56. The Bertz CT molecular complexity index is 896. The molecule has 0 bridgehead atoms. The number of hydrogen-bond donors (Lipinski definition) is 0. The Labute approximate surface area is 174 Å². The maximum atomic E-state index is 12.8. The molecule has 1 aromatic carbocycles. The smallest absolute Gasteiger partial charge is 0.353 e. The van der Waals surface area contributed by atoms with E-state index in [2.05, 4.69) is 14.9 Å². The maximum absolute atomic E-state index is 12.8. The Balaban J connectivity index is 1.73. The van der Waals surface area contributed by atoms with Crippen LogP contribution in [0.15, 0.2) is 30.3 Å². The molecule has 8 heteroatoms.